The van der Waals surface area contributed by atoms with Crippen LogP contribution in [0, 0.1) is 17.3 Å². The Morgan fingerprint density at radius 3 is 2.47 bits per heavy atom. The molecule has 2 atom stereocenters. The second-order valence-corrected chi connectivity index (χ2v) is 12.9. The standard InChI is InChI=1S/C28H32F5N7O3/c1-26(2,28(31,32)33)11-18(36-25(42)24-23(16-5-6-16)38-43-39-24)19-13-40-20(35-19)8-17(12-34-40)22(15-3-4-15)37-21(41)7-14-9-27(29,30)10-14/h8,12-16,18,22H,3-7,9-11H2,1-2H3,(H,36,42)(H,37,41)/t18-,22+/m0/s1. The van der Waals surface area contributed by atoms with Crippen LogP contribution in [-0.4, -0.2) is 48.8 Å². The molecule has 0 aromatic carbocycles. The fraction of sp³-hybridized carbons (Fsp3) is 0.643. The lowest BCUT2D eigenvalue weighted by Crippen LogP contribution is -2.39. The number of halogens is 5. The lowest BCUT2D eigenvalue weighted by molar-refractivity contribution is -0.215. The summed E-state index contributed by atoms with van der Waals surface area (Å²) in [5, 5.41) is 17.5. The van der Waals surface area contributed by atoms with E-state index in [1.807, 2.05) is 0 Å². The van der Waals surface area contributed by atoms with Gasteiger partial charge in [0, 0.05) is 25.2 Å². The van der Waals surface area contributed by atoms with Crippen molar-refractivity contribution in [3.05, 3.63) is 41.1 Å². The van der Waals surface area contributed by atoms with Crippen molar-refractivity contribution < 1.29 is 36.2 Å². The summed E-state index contributed by atoms with van der Waals surface area (Å²) in [4.78, 5) is 30.4. The maximum absolute atomic E-state index is 13.9. The van der Waals surface area contributed by atoms with Crippen LogP contribution in [0.4, 0.5) is 22.0 Å². The summed E-state index contributed by atoms with van der Waals surface area (Å²) in [7, 11) is 0. The van der Waals surface area contributed by atoms with Crippen molar-refractivity contribution in [3.63, 3.8) is 0 Å². The normalized spacial score (nSPS) is 20.4. The molecule has 0 radical (unpaired) electrons. The molecule has 3 saturated carbocycles. The van der Waals surface area contributed by atoms with Gasteiger partial charge in [-0.3, -0.25) is 9.59 Å². The third kappa shape index (κ3) is 6.35. The molecule has 0 saturated heterocycles. The quantitative estimate of drug-likeness (QED) is 0.277. The van der Waals surface area contributed by atoms with Gasteiger partial charge in [-0.15, -0.1) is 0 Å². The van der Waals surface area contributed by atoms with Crippen molar-refractivity contribution in [2.75, 3.05) is 0 Å². The Balaban J connectivity index is 1.24. The SMILES string of the molecule is CC(C)(C[C@H](NC(=O)c1nonc1C1CC1)c1cn2ncc([C@H](NC(=O)CC3CC(F)(F)C3)C3CC3)cc2n1)C(F)(F)F. The van der Waals surface area contributed by atoms with E-state index in [9.17, 15) is 31.5 Å². The monoisotopic (exact) mass is 609 g/mol. The van der Waals surface area contributed by atoms with Gasteiger partial charge < -0.3 is 10.6 Å². The van der Waals surface area contributed by atoms with Crippen molar-refractivity contribution >= 4 is 17.5 Å². The maximum Gasteiger partial charge on any atom is 0.394 e. The number of rotatable bonds is 11. The van der Waals surface area contributed by atoms with E-state index in [0.717, 1.165) is 39.5 Å². The molecule has 3 aliphatic carbocycles. The number of alkyl halides is 5. The lowest BCUT2D eigenvalue weighted by atomic mass is 9.79. The van der Waals surface area contributed by atoms with Crippen LogP contribution in [0.3, 0.4) is 0 Å². The first-order chi connectivity index (χ1) is 20.2. The lowest BCUT2D eigenvalue weighted by Gasteiger charge is -2.34. The average Bonchev–Trinajstić information content (AvgIpc) is 3.83. The molecule has 15 heteroatoms. The van der Waals surface area contributed by atoms with Crippen LogP contribution in [0.5, 0.6) is 0 Å². The van der Waals surface area contributed by atoms with Gasteiger partial charge in [0.25, 0.3) is 5.91 Å². The molecule has 10 nitrogen and oxygen atoms in total. The van der Waals surface area contributed by atoms with E-state index in [1.54, 1.807) is 12.3 Å². The molecular weight excluding hydrogens is 577 g/mol. The van der Waals surface area contributed by atoms with E-state index in [1.165, 1.54) is 10.7 Å². The predicted octanol–water partition coefficient (Wildman–Crippen LogP) is 5.44. The molecular formula is C28H32F5N7O3. The Labute approximate surface area is 243 Å². The Bertz CT molecular complexity index is 1520. The number of amides is 2. The molecule has 3 fully saturated rings. The minimum atomic E-state index is -4.56. The van der Waals surface area contributed by atoms with Gasteiger partial charge in [0.15, 0.2) is 11.3 Å². The number of carbonyl (C=O) groups excluding carboxylic acids is 2. The highest BCUT2D eigenvalue weighted by molar-refractivity contribution is 5.93. The van der Waals surface area contributed by atoms with E-state index in [4.69, 9.17) is 4.63 Å². The molecule has 3 aromatic rings. The highest BCUT2D eigenvalue weighted by Crippen LogP contribution is 2.46. The number of hydrogen-bond donors (Lipinski definition) is 2. The molecule has 3 aromatic heterocycles. The number of imidazole rings is 1. The highest BCUT2D eigenvalue weighted by Gasteiger charge is 2.49. The van der Waals surface area contributed by atoms with Crippen LogP contribution < -0.4 is 10.6 Å². The van der Waals surface area contributed by atoms with Crippen LogP contribution in [0.2, 0.25) is 0 Å². The number of nitrogens with one attached hydrogen (secondary N) is 2. The largest absolute Gasteiger partial charge is 0.394 e. The first kappa shape index (κ1) is 29.4. The molecule has 0 aliphatic heterocycles. The summed E-state index contributed by atoms with van der Waals surface area (Å²) in [6, 6.07) is 0.140. The maximum atomic E-state index is 13.9. The number of hydrogen-bond acceptors (Lipinski definition) is 7. The Kier molecular flexibility index (Phi) is 7.19. The smallest absolute Gasteiger partial charge is 0.349 e. The van der Waals surface area contributed by atoms with E-state index in [-0.39, 0.29) is 54.3 Å². The van der Waals surface area contributed by atoms with Crippen LogP contribution in [0.1, 0.15) is 111 Å². The summed E-state index contributed by atoms with van der Waals surface area (Å²) in [5.41, 5.74) is -0.721. The molecule has 2 amide bonds. The molecule has 0 unspecified atom stereocenters. The van der Waals surface area contributed by atoms with Gasteiger partial charge in [0.2, 0.25) is 11.8 Å². The predicted molar refractivity (Wildman–Crippen MR) is 140 cm³/mol. The number of nitrogens with zero attached hydrogens (tertiary/aromatic N) is 5. The van der Waals surface area contributed by atoms with Gasteiger partial charge in [-0.2, -0.15) is 18.3 Å². The second kappa shape index (κ2) is 10.5. The van der Waals surface area contributed by atoms with Crippen molar-refractivity contribution in [1.82, 2.24) is 35.5 Å². The average molecular weight is 610 g/mol. The van der Waals surface area contributed by atoms with Crippen LogP contribution in [0.15, 0.2) is 23.1 Å². The third-order valence-corrected chi connectivity index (χ3v) is 8.61. The number of fused-ring (bicyclic) bond motifs is 1. The molecule has 43 heavy (non-hydrogen) atoms. The van der Waals surface area contributed by atoms with E-state index >= 15 is 0 Å². The summed E-state index contributed by atoms with van der Waals surface area (Å²) < 4.78 is 74.3. The van der Waals surface area contributed by atoms with Gasteiger partial charge in [-0.05, 0) is 60.7 Å². The van der Waals surface area contributed by atoms with Gasteiger partial charge in [-0.25, -0.2) is 22.9 Å². The Morgan fingerprint density at radius 2 is 1.84 bits per heavy atom. The highest BCUT2D eigenvalue weighted by atomic mass is 19.4. The van der Waals surface area contributed by atoms with Gasteiger partial charge in [-0.1, -0.05) is 19.0 Å². The van der Waals surface area contributed by atoms with Gasteiger partial charge >= 0.3 is 6.18 Å². The Hall–Kier alpha value is -3.65. The van der Waals surface area contributed by atoms with Crippen LogP contribution in [-0.2, 0) is 4.79 Å². The minimum Gasteiger partial charge on any atom is -0.349 e. The van der Waals surface area contributed by atoms with Crippen molar-refractivity contribution in [3.8, 4) is 0 Å². The summed E-state index contributed by atoms with van der Waals surface area (Å²) in [5.74, 6) is -3.89. The van der Waals surface area contributed by atoms with E-state index in [0.29, 0.717) is 16.9 Å². The van der Waals surface area contributed by atoms with Crippen molar-refractivity contribution in [1.29, 1.82) is 0 Å². The summed E-state index contributed by atoms with van der Waals surface area (Å²) in [6.07, 6.45) is 0.752. The fourth-order valence-electron chi connectivity index (χ4n) is 5.63. The zero-order chi connectivity index (χ0) is 30.7. The van der Waals surface area contributed by atoms with E-state index < -0.39 is 41.9 Å². The molecule has 3 heterocycles. The second-order valence-electron chi connectivity index (χ2n) is 12.9. The first-order valence-electron chi connectivity index (χ1n) is 14.4. The molecule has 2 N–H and O–H groups in total. The number of aromatic nitrogens is 5. The van der Waals surface area contributed by atoms with Gasteiger partial charge in [0.05, 0.1) is 35.6 Å². The van der Waals surface area contributed by atoms with Crippen LogP contribution >= 0.6 is 0 Å². The first-order valence-corrected chi connectivity index (χ1v) is 14.4. The molecule has 232 valence electrons. The topological polar surface area (TPSA) is 127 Å². The van der Waals surface area contributed by atoms with Gasteiger partial charge in [0.1, 0.15) is 5.69 Å². The molecule has 0 bridgehead atoms. The number of carbonyl (C=O) groups is 2. The zero-order valence-corrected chi connectivity index (χ0v) is 23.6. The molecule has 3 aliphatic rings. The van der Waals surface area contributed by atoms with Crippen molar-refractivity contribution in [2.24, 2.45) is 17.3 Å². The fourth-order valence-corrected chi connectivity index (χ4v) is 5.63. The molecule has 6 rings (SSSR count). The minimum absolute atomic E-state index is 0.0158. The molecule has 0 spiro atoms. The van der Waals surface area contributed by atoms with Crippen LogP contribution in [0.25, 0.3) is 5.65 Å². The van der Waals surface area contributed by atoms with Crippen molar-refractivity contribution in [2.45, 2.75) is 95.3 Å². The summed E-state index contributed by atoms with van der Waals surface area (Å²) in [6.45, 7) is 2.11. The Morgan fingerprint density at radius 1 is 1.12 bits per heavy atom. The van der Waals surface area contributed by atoms with E-state index in [2.05, 4.69) is 31.0 Å². The third-order valence-electron chi connectivity index (χ3n) is 8.61. The summed E-state index contributed by atoms with van der Waals surface area (Å²) >= 11 is 0. The zero-order valence-electron chi connectivity index (χ0n) is 23.6.